The van der Waals surface area contributed by atoms with E-state index in [1.807, 2.05) is 0 Å². The van der Waals surface area contributed by atoms with Gasteiger partial charge in [-0.3, -0.25) is 4.79 Å². The molecule has 0 saturated carbocycles. The maximum absolute atomic E-state index is 12.2. The number of benzene rings is 1. The van der Waals surface area contributed by atoms with Crippen LogP contribution in [0.1, 0.15) is 18.6 Å². The lowest BCUT2D eigenvalue weighted by molar-refractivity contribution is -0.115. The van der Waals surface area contributed by atoms with Gasteiger partial charge in [0.05, 0.1) is 0 Å². The van der Waals surface area contributed by atoms with Crippen molar-refractivity contribution in [3.63, 3.8) is 0 Å². The van der Waals surface area contributed by atoms with Crippen LogP contribution in [0.4, 0.5) is 5.69 Å². The van der Waals surface area contributed by atoms with Crippen LogP contribution in [0.15, 0.2) is 28.8 Å². The lowest BCUT2D eigenvalue weighted by Crippen LogP contribution is -2.33. The van der Waals surface area contributed by atoms with E-state index in [0.717, 1.165) is 0 Å². The van der Waals surface area contributed by atoms with E-state index >= 15 is 0 Å². The van der Waals surface area contributed by atoms with Crippen LogP contribution in [-0.4, -0.2) is 29.7 Å². The molecule has 0 radical (unpaired) electrons. The van der Waals surface area contributed by atoms with E-state index < -0.39 is 26.7 Å². The number of nitrogens with zero attached hydrogens (tertiary/aromatic N) is 2. The normalized spacial score (nSPS) is 12.9. The molecule has 0 fully saturated rings. The lowest BCUT2D eigenvalue weighted by atomic mass is 10.3. The highest BCUT2D eigenvalue weighted by Gasteiger charge is 2.29. The Balaban J connectivity index is 2.06. The van der Waals surface area contributed by atoms with Gasteiger partial charge in [-0.05, 0) is 31.2 Å². The number of anilines is 1. The van der Waals surface area contributed by atoms with Crippen LogP contribution in [0.5, 0.6) is 0 Å². The van der Waals surface area contributed by atoms with Gasteiger partial charge >= 0.3 is 0 Å². The van der Waals surface area contributed by atoms with E-state index in [2.05, 4.69) is 15.5 Å². The van der Waals surface area contributed by atoms with Crippen molar-refractivity contribution in [1.82, 2.24) is 10.1 Å². The van der Waals surface area contributed by atoms with Crippen molar-refractivity contribution in [3.05, 3.63) is 41.0 Å². The highest BCUT2D eigenvalue weighted by atomic mass is 35.5. The minimum absolute atomic E-state index is 0.0312. The molecule has 1 aromatic heterocycles. The average Bonchev–Trinajstić information content (AvgIpc) is 2.85. The molecule has 7 nitrogen and oxygen atoms in total. The minimum atomic E-state index is -3.75. The fourth-order valence-corrected chi connectivity index (χ4v) is 2.88. The van der Waals surface area contributed by atoms with E-state index in [1.54, 1.807) is 31.2 Å². The van der Waals surface area contributed by atoms with Gasteiger partial charge in [0.25, 0.3) is 0 Å². The van der Waals surface area contributed by atoms with Crippen molar-refractivity contribution in [2.45, 2.75) is 24.9 Å². The van der Waals surface area contributed by atoms with E-state index in [0.29, 0.717) is 10.7 Å². The summed E-state index contributed by atoms with van der Waals surface area (Å²) in [5.41, 5.74) is 0.465. The molecular formula is C13H14ClN3O4S. The van der Waals surface area contributed by atoms with Gasteiger partial charge in [0.15, 0.2) is 15.7 Å². The van der Waals surface area contributed by atoms with Crippen molar-refractivity contribution in [2.75, 3.05) is 5.32 Å². The predicted molar refractivity (Wildman–Crippen MR) is 81.2 cm³/mol. The Morgan fingerprint density at radius 1 is 1.36 bits per heavy atom. The zero-order chi connectivity index (χ0) is 16.3. The zero-order valence-electron chi connectivity index (χ0n) is 11.9. The lowest BCUT2D eigenvalue weighted by Gasteiger charge is -2.12. The summed E-state index contributed by atoms with van der Waals surface area (Å²) < 4.78 is 29.1. The number of halogens is 1. The van der Waals surface area contributed by atoms with Gasteiger partial charge in [0, 0.05) is 17.6 Å². The number of aromatic nitrogens is 2. The molecule has 0 bridgehead atoms. The molecule has 22 heavy (non-hydrogen) atoms. The molecule has 118 valence electrons. The van der Waals surface area contributed by atoms with Crippen LogP contribution >= 0.6 is 11.6 Å². The number of hydrogen-bond acceptors (Lipinski definition) is 6. The second-order valence-corrected chi connectivity index (χ2v) is 7.43. The van der Waals surface area contributed by atoms with Gasteiger partial charge in [-0.25, -0.2) is 8.42 Å². The Labute approximate surface area is 132 Å². The molecule has 1 atom stereocenters. The third-order valence-corrected chi connectivity index (χ3v) is 5.12. The smallest absolute Gasteiger partial charge is 0.242 e. The van der Waals surface area contributed by atoms with Crippen LogP contribution in [0, 0.1) is 6.92 Å². The average molecular weight is 344 g/mol. The highest BCUT2D eigenvalue weighted by molar-refractivity contribution is 7.92. The number of sulfone groups is 1. The first kappa shape index (κ1) is 16.4. The van der Waals surface area contributed by atoms with Crippen molar-refractivity contribution in [3.8, 4) is 0 Å². The summed E-state index contributed by atoms with van der Waals surface area (Å²) in [5.74, 6) is -0.797. The molecule has 0 aliphatic heterocycles. The quantitative estimate of drug-likeness (QED) is 0.890. The van der Waals surface area contributed by atoms with E-state index in [4.69, 9.17) is 16.1 Å². The molecule has 0 aliphatic carbocycles. The first-order chi connectivity index (χ1) is 10.3. The van der Waals surface area contributed by atoms with Crippen molar-refractivity contribution >= 4 is 33.0 Å². The monoisotopic (exact) mass is 343 g/mol. The van der Waals surface area contributed by atoms with Gasteiger partial charge in [0.1, 0.15) is 11.0 Å². The number of carbonyl (C=O) groups excluding carboxylic acids is 1. The second-order valence-electron chi connectivity index (χ2n) is 4.68. The van der Waals surface area contributed by atoms with Crippen LogP contribution < -0.4 is 5.32 Å². The summed E-state index contributed by atoms with van der Waals surface area (Å²) in [6.45, 7) is 2.87. The van der Waals surface area contributed by atoms with E-state index in [9.17, 15) is 13.2 Å². The molecule has 0 spiro atoms. The largest absolute Gasteiger partial charge is 0.340 e. The number of amides is 1. The maximum Gasteiger partial charge on any atom is 0.242 e. The summed E-state index contributed by atoms with van der Waals surface area (Å²) in [6, 6.07) is 6.36. The molecule has 2 rings (SSSR count). The highest BCUT2D eigenvalue weighted by Crippen LogP contribution is 2.15. The molecule has 1 N–H and O–H groups in total. The Bertz CT molecular complexity index is 771. The summed E-state index contributed by atoms with van der Waals surface area (Å²) in [4.78, 5) is 15.9. The summed E-state index contributed by atoms with van der Waals surface area (Å²) in [5, 5.41) is 5.32. The van der Waals surface area contributed by atoms with Gasteiger partial charge in [0.2, 0.25) is 11.8 Å². The number of rotatable bonds is 5. The molecule has 0 saturated heterocycles. The van der Waals surface area contributed by atoms with Crippen LogP contribution in [-0.2, 0) is 20.4 Å². The van der Waals surface area contributed by atoms with Crippen molar-refractivity contribution < 1.29 is 17.7 Å². The SMILES string of the molecule is Cc1nc(CS(=O)(=O)[C@@H](C)C(=O)Nc2ccc(Cl)cc2)no1. The van der Waals surface area contributed by atoms with Crippen molar-refractivity contribution in [2.24, 2.45) is 0 Å². The van der Waals surface area contributed by atoms with Gasteiger partial charge in [-0.15, -0.1) is 0 Å². The summed E-state index contributed by atoms with van der Waals surface area (Å²) >= 11 is 5.74. The molecule has 1 heterocycles. The first-order valence-electron chi connectivity index (χ1n) is 6.35. The number of nitrogens with one attached hydrogen (secondary N) is 1. The zero-order valence-corrected chi connectivity index (χ0v) is 13.5. The minimum Gasteiger partial charge on any atom is -0.340 e. The maximum atomic E-state index is 12.2. The predicted octanol–water partition coefficient (Wildman–Crippen LogP) is 1.97. The summed E-state index contributed by atoms with van der Waals surface area (Å²) in [7, 11) is -3.75. The fourth-order valence-electron chi connectivity index (χ4n) is 1.65. The molecule has 0 aliphatic rings. The second kappa shape index (κ2) is 6.45. The molecule has 0 unspecified atom stereocenters. The number of hydrogen-bond donors (Lipinski definition) is 1. The fraction of sp³-hybridized carbons (Fsp3) is 0.308. The molecule has 2 aromatic rings. The third-order valence-electron chi connectivity index (χ3n) is 2.92. The molecule has 1 aromatic carbocycles. The Kier molecular flexibility index (Phi) is 4.82. The van der Waals surface area contributed by atoms with Gasteiger partial charge < -0.3 is 9.84 Å². The third kappa shape index (κ3) is 4.05. The number of aryl methyl sites for hydroxylation is 1. The first-order valence-corrected chi connectivity index (χ1v) is 8.44. The van der Waals surface area contributed by atoms with Crippen LogP contribution in [0.3, 0.4) is 0 Å². The Morgan fingerprint density at radius 2 is 2.00 bits per heavy atom. The van der Waals surface area contributed by atoms with Gasteiger partial charge in [-0.1, -0.05) is 16.8 Å². The summed E-state index contributed by atoms with van der Waals surface area (Å²) in [6.07, 6.45) is 0. The molecule has 9 heteroatoms. The standard InChI is InChI=1S/C13H14ClN3O4S/c1-8(13(18)16-11-5-3-10(14)4-6-11)22(19,20)7-12-15-9(2)21-17-12/h3-6,8H,7H2,1-2H3,(H,16,18)/t8-/m0/s1. The van der Waals surface area contributed by atoms with Crippen LogP contribution in [0.25, 0.3) is 0 Å². The van der Waals surface area contributed by atoms with Crippen LogP contribution in [0.2, 0.25) is 5.02 Å². The topological polar surface area (TPSA) is 102 Å². The number of carbonyl (C=O) groups is 1. The van der Waals surface area contributed by atoms with E-state index in [1.165, 1.54) is 6.92 Å². The van der Waals surface area contributed by atoms with E-state index in [-0.39, 0.29) is 11.7 Å². The van der Waals surface area contributed by atoms with Crippen molar-refractivity contribution in [1.29, 1.82) is 0 Å². The Morgan fingerprint density at radius 3 is 2.55 bits per heavy atom. The van der Waals surface area contributed by atoms with Gasteiger partial charge in [-0.2, -0.15) is 4.98 Å². The molecular weight excluding hydrogens is 330 g/mol. The molecule has 1 amide bonds. The Hall–Kier alpha value is -1.93.